The first-order chi connectivity index (χ1) is 7.31. The van der Waals surface area contributed by atoms with Gasteiger partial charge in [-0.15, -0.1) is 5.10 Å². The second-order valence-electron chi connectivity index (χ2n) is 3.44. The van der Waals surface area contributed by atoms with E-state index in [4.69, 9.17) is 0 Å². The maximum absolute atomic E-state index is 4.11. The Morgan fingerprint density at radius 2 is 2.33 bits per heavy atom. The topological polar surface area (TPSA) is 56.0 Å². The van der Waals surface area contributed by atoms with Gasteiger partial charge in [0, 0.05) is 17.4 Å². The van der Waals surface area contributed by atoms with E-state index in [1.165, 1.54) is 0 Å². The smallest absolute Gasteiger partial charge is 0.197 e. The summed E-state index contributed by atoms with van der Waals surface area (Å²) >= 11 is 3.64. The van der Waals surface area contributed by atoms with Crippen molar-refractivity contribution in [2.75, 3.05) is 0 Å². The van der Waals surface area contributed by atoms with Crippen LogP contribution in [-0.4, -0.2) is 29.9 Å². The molecule has 0 fully saturated rings. The molecule has 2 heterocycles. The number of alkyl halides is 1. The summed E-state index contributed by atoms with van der Waals surface area (Å²) in [4.78, 5) is 4.57. The molecule has 1 atom stereocenters. The van der Waals surface area contributed by atoms with Crippen molar-refractivity contribution in [3.05, 3.63) is 18.1 Å². The van der Waals surface area contributed by atoms with Gasteiger partial charge in [-0.25, -0.2) is 0 Å². The zero-order valence-corrected chi connectivity index (χ0v) is 10.1. The molecular weight excluding hydrogens is 258 g/mol. The third-order valence-corrected chi connectivity index (χ3v) is 2.99. The molecule has 5 nitrogen and oxygen atoms in total. The van der Waals surface area contributed by atoms with Gasteiger partial charge in [0.2, 0.25) is 0 Å². The lowest BCUT2D eigenvalue weighted by molar-refractivity contribution is 0.699. The number of halogens is 1. The molecule has 2 aromatic rings. The third-order valence-electron chi connectivity index (χ3n) is 2.21. The van der Waals surface area contributed by atoms with Crippen LogP contribution in [0.1, 0.15) is 25.5 Å². The van der Waals surface area contributed by atoms with Crippen molar-refractivity contribution >= 4 is 21.6 Å². The molecule has 0 spiro atoms. The lowest BCUT2D eigenvalue weighted by Crippen LogP contribution is -2.08. The molecule has 0 N–H and O–H groups in total. The lowest BCUT2D eigenvalue weighted by atomic mass is 10.1. The van der Waals surface area contributed by atoms with E-state index in [0.29, 0.717) is 10.5 Å². The molecule has 0 bridgehead atoms. The highest BCUT2D eigenvalue weighted by Crippen LogP contribution is 2.14. The second-order valence-corrected chi connectivity index (χ2v) is 4.73. The van der Waals surface area contributed by atoms with Gasteiger partial charge in [0.15, 0.2) is 5.65 Å². The van der Waals surface area contributed by atoms with Gasteiger partial charge in [-0.3, -0.25) is 4.98 Å². The minimum Gasteiger partial charge on any atom is -0.259 e. The van der Waals surface area contributed by atoms with Gasteiger partial charge in [0.25, 0.3) is 0 Å². The first kappa shape index (κ1) is 10.5. The monoisotopic (exact) mass is 269 g/mol. The van der Waals surface area contributed by atoms with E-state index in [1.807, 2.05) is 6.20 Å². The Bertz CT molecular complexity index is 441. The minimum atomic E-state index is 0.458. The van der Waals surface area contributed by atoms with Crippen LogP contribution in [0, 0.1) is 0 Å². The van der Waals surface area contributed by atoms with Crippen LogP contribution >= 0.6 is 15.9 Å². The van der Waals surface area contributed by atoms with Crippen molar-refractivity contribution in [2.24, 2.45) is 0 Å². The van der Waals surface area contributed by atoms with Crippen LogP contribution in [0.15, 0.2) is 12.4 Å². The fraction of sp³-hybridized carbons (Fsp3) is 0.556. The molecule has 0 saturated heterocycles. The second kappa shape index (κ2) is 4.65. The van der Waals surface area contributed by atoms with Crippen molar-refractivity contribution in [1.82, 2.24) is 25.0 Å². The minimum absolute atomic E-state index is 0.458. The Hall–Kier alpha value is -1.04. The van der Waals surface area contributed by atoms with E-state index in [0.717, 1.165) is 25.0 Å². The zero-order chi connectivity index (χ0) is 10.7. The fourth-order valence-corrected chi connectivity index (χ4v) is 2.29. The normalized spacial score (nSPS) is 13.2. The molecule has 15 heavy (non-hydrogen) atoms. The maximum atomic E-state index is 4.11. The van der Waals surface area contributed by atoms with Gasteiger partial charge in [0.05, 0.1) is 11.9 Å². The summed E-state index contributed by atoms with van der Waals surface area (Å²) in [5, 5.41) is 11.4. The van der Waals surface area contributed by atoms with E-state index in [2.05, 4.69) is 43.4 Å². The molecule has 0 aliphatic carbocycles. The first-order valence-corrected chi connectivity index (χ1v) is 5.88. The molecule has 2 aromatic heterocycles. The highest BCUT2D eigenvalue weighted by molar-refractivity contribution is 9.09. The van der Waals surface area contributed by atoms with E-state index in [1.54, 1.807) is 10.7 Å². The van der Waals surface area contributed by atoms with Gasteiger partial charge >= 0.3 is 0 Å². The number of rotatable bonds is 4. The summed E-state index contributed by atoms with van der Waals surface area (Å²) in [6.45, 7) is 2.17. The molecule has 2 rings (SSSR count). The van der Waals surface area contributed by atoms with Crippen LogP contribution in [0.25, 0.3) is 5.65 Å². The fourth-order valence-electron chi connectivity index (χ4n) is 1.51. The number of tetrazole rings is 1. The van der Waals surface area contributed by atoms with Gasteiger partial charge in [0.1, 0.15) is 0 Å². The molecule has 0 aromatic carbocycles. The van der Waals surface area contributed by atoms with E-state index < -0.39 is 0 Å². The van der Waals surface area contributed by atoms with Gasteiger partial charge < -0.3 is 0 Å². The van der Waals surface area contributed by atoms with Gasteiger partial charge in [-0.2, -0.15) is 4.52 Å². The van der Waals surface area contributed by atoms with Crippen molar-refractivity contribution in [3.63, 3.8) is 0 Å². The van der Waals surface area contributed by atoms with Crippen molar-refractivity contribution < 1.29 is 0 Å². The molecular formula is C9H12BrN5. The quantitative estimate of drug-likeness (QED) is 0.792. The Morgan fingerprint density at radius 3 is 3.13 bits per heavy atom. The van der Waals surface area contributed by atoms with E-state index >= 15 is 0 Å². The van der Waals surface area contributed by atoms with Crippen LogP contribution in [0.4, 0.5) is 0 Å². The lowest BCUT2D eigenvalue weighted by Gasteiger charge is -2.08. The van der Waals surface area contributed by atoms with Crippen molar-refractivity contribution in [1.29, 1.82) is 0 Å². The van der Waals surface area contributed by atoms with Crippen LogP contribution < -0.4 is 0 Å². The first-order valence-electron chi connectivity index (χ1n) is 4.96. The summed E-state index contributed by atoms with van der Waals surface area (Å²) in [7, 11) is 0. The molecule has 80 valence electrons. The number of hydrogen-bond acceptors (Lipinski definition) is 4. The molecule has 0 radical (unpaired) electrons. The SMILES string of the molecule is CCCC(Br)Cc1cncc2nnnn12. The number of nitrogens with zero attached hydrogens (tertiary/aromatic N) is 5. The van der Waals surface area contributed by atoms with Gasteiger partial charge in [-0.1, -0.05) is 29.3 Å². The zero-order valence-electron chi connectivity index (χ0n) is 8.47. The Morgan fingerprint density at radius 1 is 1.47 bits per heavy atom. The van der Waals surface area contributed by atoms with Crippen LogP contribution in [-0.2, 0) is 6.42 Å². The molecule has 0 aliphatic heterocycles. The molecule has 6 heteroatoms. The van der Waals surface area contributed by atoms with E-state index in [-0.39, 0.29) is 0 Å². The number of fused-ring (bicyclic) bond motifs is 1. The van der Waals surface area contributed by atoms with Crippen LogP contribution in [0.3, 0.4) is 0 Å². The van der Waals surface area contributed by atoms with E-state index in [9.17, 15) is 0 Å². The summed E-state index contributed by atoms with van der Waals surface area (Å²) in [5.74, 6) is 0. The molecule has 0 amide bonds. The largest absolute Gasteiger partial charge is 0.259 e. The Balaban J connectivity index is 2.23. The van der Waals surface area contributed by atoms with Crippen molar-refractivity contribution in [2.45, 2.75) is 31.0 Å². The van der Waals surface area contributed by atoms with Crippen LogP contribution in [0.2, 0.25) is 0 Å². The third kappa shape index (κ3) is 2.31. The summed E-state index contributed by atoms with van der Waals surface area (Å²) in [5.41, 5.74) is 1.73. The highest BCUT2D eigenvalue weighted by Gasteiger charge is 2.09. The Labute approximate surface area is 96.0 Å². The predicted molar refractivity (Wildman–Crippen MR) is 59.9 cm³/mol. The summed E-state index contributed by atoms with van der Waals surface area (Å²) in [6.07, 6.45) is 6.66. The maximum Gasteiger partial charge on any atom is 0.197 e. The molecule has 0 saturated carbocycles. The average Bonchev–Trinajstić information content (AvgIpc) is 2.67. The summed E-state index contributed by atoms with van der Waals surface area (Å²) in [6, 6.07) is 0. The Kier molecular flexibility index (Phi) is 3.25. The highest BCUT2D eigenvalue weighted by atomic mass is 79.9. The van der Waals surface area contributed by atoms with Gasteiger partial charge in [-0.05, 0) is 16.8 Å². The number of hydrogen-bond donors (Lipinski definition) is 0. The van der Waals surface area contributed by atoms with Crippen LogP contribution in [0.5, 0.6) is 0 Å². The molecule has 1 unspecified atom stereocenters. The standard InChI is InChI=1S/C9H12BrN5/c1-2-3-7(10)4-8-5-11-6-9-12-13-14-15(8)9/h5-7H,2-4H2,1H3. The summed E-state index contributed by atoms with van der Waals surface area (Å²) < 4.78 is 1.73. The predicted octanol–water partition coefficient (Wildman–Crippen LogP) is 1.63. The van der Waals surface area contributed by atoms with Crippen molar-refractivity contribution in [3.8, 4) is 0 Å². The average molecular weight is 270 g/mol. The number of aromatic nitrogens is 5. The molecule has 0 aliphatic rings.